The Hall–Kier alpha value is -4.38. The molecule has 0 aliphatic heterocycles. The van der Waals surface area contributed by atoms with E-state index in [1.807, 2.05) is 37.4 Å². The zero-order chi connectivity index (χ0) is 22.8. The van der Waals surface area contributed by atoms with Gasteiger partial charge in [-0.2, -0.15) is 10.2 Å². The van der Waals surface area contributed by atoms with Crippen molar-refractivity contribution in [1.29, 1.82) is 5.26 Å². The molecule has 0 radical (unpaired) electrons. The van der Waals surface area contributed by atoms with E-state index in [2.05, 4.69) is 39.9 Å². The first kappa shape index (κ1) is 20.5. The van der Waals surface area contributed by atoms with Crippen LogP contribution >= 0.6 is 0 Å². The van der Waals surface area contributed by atoms with Gasteiger partial charge in [-0.3, -0.25) is 0 Å². The van der Waals surface area contributed by atoms with Gasteiger partial charge in [-0.25, -0.2) is 9.97 Å². The average molecular weight is 438 g/mol. The number of methoxy groups -OCH3 is 1. The molecule has 2 heterocycles. The molecule has 0 amide bonds. The third-order valence-corrected chi connectivity index (χ3v) is 5.90. The smallest absolute Gasteiger partial charge is 0.229 e. The van der Waals surface area contributed by atoms with Crippen molar-refractivity contribution in [1.82, 2.24) is 19.5 Å². The van der Waals surface area contributed by atoms with Gasteiger partial charge in [0.2, 0.25) is 5.95 Å². The summed E-state index contributed by atoms with van der Waals surface area (Å²) in [5.41, 5.74) is 5.44. The standard InChI is InChI=1S/C25H23N7O/c1-27-24-20-10-9-19(16-6-4-3-5-7-16)23(20)30-25(31-24)29-17-8-11-21(22(12-17)33-2)32-14-18(13-26)28-15-32/h3-8,11-12,14-15,19H,9-10H2,1-2H3,(H2,27,29,30,31). The van der Waals surface area contributed by atoms with Crippen LogP contribution in [0.3, 0.4) is 0 Å². The summed E-state index contributed by atoms with van der Waals surface area (Å²) < 4.78 is 7.35. The summed E-state index contributed by atoms with van der Waals surface area (Å²) in [5.74, 6) is 2.28. The highest BCUT2D eigenvalue weighted by Gasteiger charge is 2.29. The molecule has 1 unspecified atom stereocenters. The van der Waals surface area contributed by atoms with Gasteiger partial charge in [-0.05, 0) is 30.5 Å². The summed E-state index contributed by atoms with van der Waals surface area (Å²) >= 11 is 0. The highest BCUT2D eigenvalue weighted by atomic mass is 16.5. The molecule has 2 N–H and O–H groups in total. The summed E-state index contributed by atoms with van der Waals surface area (Å²) in [6.07, 6.45) is 5.22. The molecule has 8 nitrogen and oxygen atoms in total. The van der Waals surface area contributed by atoms with Gasteiger partial charge >= 0.3 is 0 Å². The zero-order valence-corrected chi connectivity index (χ0v) is 18.4. The quantitative estimate of drug-likeness (QED) is 0.461. The molecular formula is C25H23N7O. The minimum atomic E-state index is 0.254. The SMILES string of the molecule is CNc1nc(Nc2ccc(-n3cnc(C#N)c3)c(OC)c2)nc2c1CCC2c1ccccc1. The zero-order valence-electron chi connectivity index (χ0n) is 18.4. The number of nitriles is 1. The number of rotatable bonds is 6. The van der Waals surface area contributed by atoms with E-state index in [1.54, 1.807) is 24.2 Å². The Morgan fingerprint density at radius 1 is 1.15 bits per heavy atom. The normalized spacial score (nSPS) is 14.4. The van der Waals surface area contributed by atoms with Crippen LogP contribution in [0.1, 0.15) is 34.9 Å². The third-order valence-electron chi connectivity index (χ3n) is 5.90. The molecule has 2 aromatic carbocycles. The Balaban J connectivity index is 1.48. The molecule has 0 spiro atoms. The number of hydrogen-bond donors (Lipinski definition) is 2. The maximum absolute atomic E-state index is 9.05. The van der Waals surface area contributed by atoms with Crippen LogP contribution in [0.2, 0.25) is 0 Å². The van der Waals surface area contributed by atoms with Crippen LogP contribution in [0.4, 0.5) is 17.5 Å². The molecule has 0 saturated heterocycles. The highest BCUT2D eigenvalue weighted by molar-refractivity contribution is 5.64. The first-order valence-corrected chi connectivity index (χ1v) is 10.7. The summed E-state index contributed by atoms with van der Waals surface area (Å²) in [5, 5.41) is 15.6. The van der Waals surface area contributed by atoms with Gasteiger partial charge in [0.15, 0.2) is 5.69 Å². The minimum Gasteiger partial charge on any atom is -0.494 e. The Morgan fingerprint density at radius 2 is 2.00 bits per heavy atom. The van der Waals surface area contributed by atoms with E-state index in [9.17, 15) is 0 Å². The van der Waals surface area contributed by atoms with Gasteiger partial charge in [0.05, 0.1) is 18.5 Å². The van der Waals surface area contributed by atoms with E-state index in [0.717, 1.165) is 35.7 Å². The number of aromatic nitrogens is 4. The molecule has 2 aromatic heterocycles. The molecule has 1 aliphatic carbocycles. The Kier molecular flexibility index (Phi) is 5.37. The number of hydrogen-bond acceptors (Lipinski definition) is 7. The maximum atomic E-state index is 9.05. The van der Waals surface area contributed by atoms with Crippen LogP contribution in [0, 0.1) is 11.3 Å². The van der Waals surface area contributed by atoms with Crippen molar-refractivity contribution in [3.8, 4) is 17.5 Å². The lowest BCUT2D eigenvalue weighted by molar-refractivity contribution is 0.413. The molecule has 8 heteroatoms. The first-order chi connectivity index (χ1) is 16.2. The summed E-state index contributed by atoms with van der Waals surface area (Å²) in [6.45, 7) is 0. The van der Waals surface area contributed by atoms with E-state index in [-0.39, 0.29) is 5.92 Å². The number of ether oxygens (including phenoxy) is 1. The van der Waals surface area contributed by atoms with E-state index in [0.29, 0.717) is 17.4 Å². The Labute approximate surface area is 191 Å². The second-order valence-corrected chi connectivity index (χ2v) is 7.80. The molecule has 164 valence electrons. The Morgan fingerprint density at radius 3 is 2.73 bits per heavy atom. The predicted molar refractivity (Wildman–Crippen MR) is 126 cm³/mol. The molecule has 4 aromatic rings. The number of fused-ring (bicyclic) bond motifs is 1. The van der Waals surface area contributed by atoms with Crippen molar-refractivity contribution in [3.63, 3.8) is 0 Å². The molecule has 0 fully saturated rings. The highest BCUT2D eigenvalue weighted by Crippen LogP contribution is 2.40. The average Bonchev–Trinajstić information content (AvgIpc) is 3.51. The van der Waals surface area contributed by atoms with E-state index < -0.39 is 0 Å². The van der Waals surface area contributed by atoms with Crippen LogP contribution in [0.5, 0.6) is 5.75 Å². The summed E-state index contributed by atoms with van der Waals surface area (Å²) in [4.78, 5) is 13.7. The fraction of sp³-hybridized carbons (Fsp3) is 0.200. The number of anilines is 3. The van der Waals surface area contributed by atoms with Gasteiger partial charge in [-0.1, -0.05) is 30.3 Å². The fourth-order valence-corrected chi connectivity index (χ4v) is 4.34. The Bertz CT molecular complexity index is 1340. The first-order valence-electron chi connectivity index (χ1n) is 10.7. The maximum Gasteiger partial charge on any atom is 0.229 e. The van der Waals surface area contributed by atoms with Gasteiger partial charge in [0, 0.05) is 36.5 Å². The van der Waals surface area contributed by atoms with Crippen LogP contribution in [-0.2, 0) is 6.42 Å². The van der Waals surface area contributed by atoms with Gasteiger partial charge in [0.1, 0.15) is 24.0 Å². The molecule has 1 aliphatic rings. The monoisotopic (exact) mass is 437 g/mol. The second-order valence-electron chi connectivity index (χ2n) is 7.80. The van der Waals surface area contributed by atoms with Crippen LogP contribution in [0.25, 0.3) is 5.69 Å². The van der Waals surface area contributed by atoms with Crippen LogP contribution in [0.15, 0.2) is 61.1 Å². The minimum absolute atomic E-state index is 0.254. The lowest BCUT2D eigenvalue weighted by Gasteiger charge is -2.16. The van der Waals surface area contributed by atoms with Gasteiger partial charge in [0.25, 0.3) is 0 Å². The summed E-state index contributed by atoms with van der Waals surface area (Å²) in [7, 11) is 3.50. The van der Waals surface area contributed by atoms with Crippen LogP contribution in [-0.4, -0.2) is 33.7 Å². The summed E-state index contributed by atoms with van der Waals surface area (Å²) in [6, 6.07) is 18.2. The van der Waals surface area contributed by atoms with Crippen molar-refractivity contribution in [2.24, 2.45) is 0 Å². The topological polar surface area (TPSA) is 101 Å². The molecule has 33 heavy (non-hydrogen) atoms. The number of nitrogens with one attached hydrogen (secondary N) is 2. The molecular weight excluding hydrogens is 414 g/mol. The second kappa shape index (κ2) is 8.63. The molecule has 5 rings (SSSR count). The molecule has 0 bridgehead atoms. The lowest BCUT2D eigenvalue weighted by Crippen LogP contribution is -2.08. The van der Waals surface area contributed by atoms with Crippen molar-refractivity contribution >= 4 is 17.5 Å². The van der Waals surface area contributed by atoms with Crippen molar-refractivity contribution in [2.45, 2.75) is 18.8 Å². The molecule has 0 saturated carbocycles. The lowest BCUT2D eigenvalue weighted by atomic mass is 9.97. The molecule has 1 atom stereocenters. The van der Waals surface area contributed by atoms with Crippen molar-refractivity contribution < 1.29 is 4.74 Å². The van der Waals surface area contributed by atoms with Gasteiger partial charge < -0.3 is 19.9 Å². The van der Waals surface area contributed by atoms with E-state index >= 15 is 0 Å². The van der Waals surface area contributed by atoms with E-state index in [1.165, 1.54) is 11.1 Å². The van der Waals surface area contributed by atoms with E-state index in [4.69, 9.17) is 20.0 Å². The van der Waals surface area contributed by atoms with Crippen molar-refractivity contribution in [2.75, 3.05) is 24.8 Å². The number of nitrogens with zero attached hydrogens (tertiary/aromatic N) is 5. The number of imidazole rings is 1. The van der Waals surface area contributed by atoms with Crippen LogP contribution < -0.4 is 15.4 Å². The predicted octanol–water partition coefficient (Wildman–Crippen LogP) is 4.41. The third kappa shape index (κ3) is 3.85. The van der Waals surface area contributed by atoms with Crippen molar-refractivity contribution in [3.05, 3.63) is 83.6 Å². The number of benzene rings is 2. The fourth-order valence-electron chi connectivity index (χ4n) is 4.34. The largest absolute Gasteiger partial charge is 0.494 e. The van der Waals surface area contributed by atoms with Gasteiger partial charge in [-0.15, -0.1) is 0 Å².